The molecule has 0 radical (unpaired) electrons. The molecule has 31 heavy (non-hydrogen) atoms. The third-order valence-corrected chi connectivity index (χ3v) is 8.88. The van der Waals surface area contributed by atoms with Gasteiger partial charge in [0.05, 0.1) is 23.2 Å². The average Bonchev–Trinajstić information content (AvgIpc) is 3.25. The zero-order valence-corrected chi connectivity index (χ0v) is 20.1. The summed E-state index contributed by atoms with van der Waals surface area (Å²) in [5, 5.41) is 19.3. The van der Waals surface area contributed by atoms with Gasteiger partial charge in [0, 0.05) is 23.9 Å². The Labute approximate surface area is 189 Å². The van der Waals surface area contributed by atoms with Crippen LogP contribution in [0.15, 0.2) is 12.7 Å². The molecule has 2 bridgehead atoms. The SMILES string of the molecule is C=CCN(C(=O)C1N(CCO)C(=O)[C@@H]2[C@H](C(=O)O)[C@@H]3CCC12S3)C(C)(C)CC(C)(C)C. The van der Waals surface area contributed by atoms with Crippen molar-refractivity contribution >= 4 is 29.5 Å². The number of β-amino-alcohol motifs (C(OH)–C–C–N with tert-alkyl or cyclic N) is 1. The number of likely N-dealkylation sites (tertiary alicyclic amines) is 1. The number of carbonyl (C=O) groups is 3. The molecule has 3 aliphatic heterocycles. The number of carboxylic acids is 1. The Morgan fingerprint density at radius 3 is 2.48 bits per heavy atom. The zero-order chi connectivity index (χ0) is 23.4. The molecule has 3 rings (SSSR count). The van der Waals surface area contributed by atoms with Crippen molar-refractivity contribution in [2.45, 2.75) is 75.5 Å². The van der Waals surface area contributed by atoms with E-state index < -0.39 is 34.1 Å². The molecule has 3 aliphatic rings. The number of fused-ring (bicyclic) bond motifs is 1. The van der Waals surface area contributed by atoms with Crippen molar-refractivity contribution in [1.82, 2.24) is 9.80 Å². The summed E-state index contributed by atoms with van der Waals surface area (Å²) in [5.74, 6) is -2.93. The van der Waals surface area contributed by atoms with Gasteiger partial charge < -0.3 is 20.0 Å². The second kappa shape index (κ2) is 8.10. The van der Waals surface area contributed by atoms with Crippen molar-refractivity contribution in [1.29, 1.82) is 0 Å². The summed E-state index contributed by atoms with van der Waals surface area (Å²) in [7, 11) is 0. The van der Waals surface area contributed by atoms with Gasteiger partial charge >= 0.3 is 5.97 Å². The molecule has 7 nitrogen and oxygen atoms in total. The van der Waals surface area contributed by atoms with Crippen LogP contribution in [0.5, 0.6) is 0 Å². The van der Waals surface area contributed by atoms with E-state index in [0.29, 0.717) is 19.4 Å². The second-order valence-electron chi connectivity index (χ2n) is 10.9. The van der Waals surface area contributed by atoms with Crippen LogP contribution in [0, 0.1) is 17.3 Å². The third-order valence-electron chi connectivity index (χ3n) is 6.93. The summed E-state index contributed by atoms with van der Waals surface area (Å²) in [4.78, 5) is 42.8. The molecule has 0 aromatic rings. The molecule has 3 saturated heterocycles. The van der Waals surface area contributed by atoms with E-state index in [1.54, 1.807) is 11.0 Å². The topological polar surface area (TPSA) is 98.2 Å². The summed E-state index contributed by atoms with van der Waals surface area (Å²) >= 11 is 1.52. The van der Waals surface area contributed by atoms with E-state index >= 15 is 0 Å². The fourth-order valence-corrected chi connectivity index (χ4v) is 8.57. The maximum absolute atomic E-state index is 14.1. The van der Waals surface area contributed by atoms with Crippen molar-refractivity contribution in [2.24, 2.45) is 17.3 Å². The standard InChI is InChI=1S/C23H36N2O5S/c1-7-10-25(22(5,6)13-21(2,3)4)19(28)17-23-9-8-14(31-23)15(20(29)30)16(23)18(27)24(17)11-12-26/h7,14-17,26H,1,8-13H2,2-6H3,(H,29,30)/t14-,15+,16-,17?,23?/m0/s1. The lowest BCUT2D eigenvalue weighted by molar-refractivity contribution is -0.149. The van der Waals surface area contributed by atoms with Crippen LogP contribution in [-0.4, -0.2) is 79.1 Å². The minimum atomic E-state index is -0.967. The molecule has 2 unspecified atom stereocenters. The molecular weight excluding hydrogens is 416 g/mol. The number of thioether (sulfide) groups is 1. The van der Waals surface area contributed by atoms with E-state index in [4.69, 9.17) is 0 Å². The fraction of sp³-hybridized carbons (Fsp3) is 0.783. The van der Waals surface area contributed by atoms with Gasteiger partial charge in [-0.1, -0.05) is 26.8 Å². The van der Waals surface area contributed by atoms with E-state index in [1.165, 1.54) is 16.7 Å². The summed E-state index contributed by atoms with van der Waals surface area (Å²) in [6.45, 7) is 14.4. The lowest BCUT2D eigenvalue weighted by Crippen LogP contribution is -2.60. The second-order valence-corrected chi connectivity index (χ2v) is 12.5. The number of carbonyl (C=O) groups excluding carboxylic acids is 2. The highest BCUT2D eigenvalue weighted by Crippen LogP contribution is 2.66. The Balaban J connectivity index is 2.05. The van der Waals surface area contributed by atoms with Gasteiger partial charge in [0.2, 0.25) is 11.8 Å². The first-order valence-electron chi connectivity index (χ1n) is 11.0. The lowest BCUT2D eigenvalue weighted by atomic mass is 9.71. The molecule has 174 valence electrons. The number of aliphatic hydroxyl groups excluding tert-OH is 1. The van der Waals surface area contributed by atoms with Gasteiger partial charge in [-0.3, -0.25) is 14.4 Å². The largest absolute Gasteiger partial charge is 0.481 e. The van der Waals surface area contributed by atoms with Crippen LogP contribution in [0.1, 0.15) is 53.9 Å². The minimum absolute atomic E-state index is 0.0186. The van der Waals surface area contributed by atoms with Gasteiger partial charge in [-0.2, -0.15) is 0 Å². The predicted octanol–water partition coefficient (Wildman–Crippen LogP) is 2.38. The Kier molecular flexibility index (Phi) is 6.30. The quantitative estimate of drug-likeness (QED) is 0.549. The summed E-state index contributed by atoms with van der Waals surface area (Å²) < 4.78 is -0.742. The molecule has 0 aromatic carbocycles. The molecule has 1 spiro atoms. The summed E-state index contributed by atoms with van der Waals surface area (Å²) in [5.41, 5.74) is -0.505. The van der Waals surface area contributed by atoms with Crippen molar-refractivity contribution in [3.05, 3.63) is 12.7 Å². The third kappa shape index (κ3) is 3.90. The van der Waals surface area contributed by atoms with Crippen molar-refractivity contribution in [3.8, 4) is 0 Å². The fourth-order valence-electron chi connectivity index (χ4n) is 6.37. The predicted molar refractivity (Wildman–Crippen MR) is 121 cm³/mol. The lowest BCUT2D eigenvalue weighted by Gasteiger charge is -2.45. The van der Waals surface area contributed by atoms with E-state index in [0.717, 1.165) is 6.42 Å². The molecule has 8 heteroatoms. The van der Waals surface area contributed by atoms with Crippen LogP contribution in [0.25, 0.3) is 0 Å². The highest BCUT2D eigenvalue weighted by molar-refractivity contribution is 8.02. The highest BCUT2D eigenvalue weighted by Gasteiger charge is 2.74. The Hall–Kier alpha value is -1.54. The smallest absolute Gasteiger partial charge is 0.308 e. The van der Waals surface area contributed by atoms with Gasteiger partial charge in [-0.25, -0.2) is 0 Å². The van der Waals surface area contributed by atoms with Crippen LogP contribution in [-0.2, 0) is 14.4 Å². The Bertz CT molecular complexity index is 776. The van der Waals surface area contributed by atoms with E-state index in [-0.39, 0.29) is 35.6 Å². The Morgan fingerprint density at radius 1 is 1.32 bits per heavy atom. The number of hydrogen-bond acceptors (Lipinski definition) is 5. The molecule has 0 saturated carbocycles. The molecule has 3 fully saturated rings. The molecule has 0 aliphatic carbocycles. The monoisotopic (exact) mass is 452 g/mol. The van der Waals surface area contributed by atoms with E-state index in [1.807, 2.05) is 13.8 Å². The molecular formula is C23H36N2O5S. The first-order chi connectivity index (χ1) is 14.3. The number of nitrogens with zero attached hydrogens (tertiary/aromatic N) is 2. The summed E-state index contributed by atoms with van der Waals surface area (Å²) in [6, 6.07) is -0.768. The maximum atomic E-state index is 14.1. The molecule has 2 amide bonds. The van der Waals surface area contributed by atoms with Crippen LogP contribution in [0.2, 0.25) is 0 Å². The number of aliphatic hydroxyl groups is 1. The van der Waals surface area contributed by atoms with Crippen LogP contribution in [0.3, 0.4) is 0 Å². The highest BCUT2D eigenvalue weighted by atomic mass is 32.2. The van der Waals surface area contributed by atoms with Gasteiger partial charge in [0.1, 0.15) is 6.04 Å². The minimum Gasteiger partial charge on any atom is -0.481 e. The normalized spacial score (nSPS) is 32.3. The van der Waals surface area contributed by atoms with E-state index in [9.17, 15) is 24.6 Å². The first kappa shape index (κ1) is 24.1. The maximum Gasteiger partial charge on any atom is 0.308 e. The average molecular weight is 453 g/mol. The molecule has 5 atom stereocenters. The Morgan fingerprint density at radius 2 is 1.97 bits per heavy atom. The van der Waals surface area contributed by atoms with Crippen LogP contribution >= 0.6 is 11.8 Å². The number of hydrogen-bond donors (Lipinski definition) is 2. The zero-order valence-electron chi connectivity index (χ0n) is 19.3. The van der Waals surface area contributed by atoms with Gasteiger partial charge in [0.15, 0.2) is 0 Å². The van der Waals surface area contributed by atoms with Gasteiger partial charge in [-0.05, 0) is 38.5 Å². The number of amides is 2. The number of carboxylic acid groups (broad SMARTS) is 1. The van der Waals surface area contributed by atoms with Crippen molar-refractivity contribution in [3.63, 3.8) is 0 Å². The number of rotatable bonds is 8. The van der Waals surface area contributed by atoms with Crippen molar-refractivity contribution < 1.29 is 24.6 Å². The molecule has 0 aromatic heterocycles. The van der Waals surface area contributed by atoms with Crippen molar-refractivity contribution in [2.75, 3.05) is 19.7 Å². The number of aliphatic carboxylic acids is 1. The summed E-state index contributed by atoms with van der Waals surface area (Å²) in [6.07, 6.45) is 3.78. The van der Waals surface area contributed by atoms with Gasteiger partial charge in [0.25, 0.3) is 0 Å². The van der Waals surface area contributed by atoms with Crippen LogP contribution in [0.4, 0.5) is 0 Å². The first-order valence-corrected chi connectivity index (χ1v) is 11.9. The van der Waals surface area contributed by atoms with Gasteiger partial charge in [-0.15, -0.1) is 18.3 Å². The molecule has 2 N–H and O–H groups in total. The van der Waals surface area contributed by atoms with Crippen LogP contribution < -0.4 is 0 Å². The molecule has 3 heterocycles. The van der Waals surface area contributed by atoms with E-state index in [2.05, 4.69) is 27.4 Å².